The molecule has 0 aromatic carbocycles. The van der Waals surface area contributed by atoms with Crippen LogP contribution in [0.4, 0.5) is 0 Å². The zero-order valence-electron chi connectivity index (χ0n) is 3.69. The highest BCUT2D eigenvalue weighted by molar-refractivity contribution is 5.07. The van der Waals surface area contributed by atoms with Crippen molar-refractivity contribution >= 4 is 0 Å². The molecular formula is C4H7NO. The van der Waals surface area contributed by atoms with Gasteiger partial charge in [0.25, 0.3) is 0 Å². The molecule has 0 fully saturated rings. The van der Waals surface area contributed by atoms with Gasteiger partial charge in [0.05, 0.1) is 12.8 Å². The van der Waals surface area contributed by atoms with E-state index >= 15 is 0 Å². The number of rotatable bonds is 2. The van der Waals surface area contributed by atoms with Gasteiger partial charge in [0.15, 0.2) is 0 Å². The SMILES string of the molecule is CCOC1=CN1. The Hall–Kier alpha value is -0.660. The maximum Gasteiger partial charge on any atom is 0.207 e. The van der Waals surface area contributed by atoms with Crippen LogP contribution in [0.3, 0.4) is 0 Å². The molecular weight excluding hydrogens is 78.0 g/mol. The first-order chi connectivity index (χ1) is 2.93. The first kappa shape index (κ1) is 3.53. The third kappa shape index (κ3) is 0.641. The molecule has 0 saturated heterocycles. The second-order valence-corrected chi connectivity index (χ2v) is 1.09. The lowest BCUT2D eigenvalue weighted by Gasteiger charge is -1.88. The van der Waals surface area contributed by atoms with E-state index in [0.717, 1.165) is 12.5 Å². The molecule has 0 saturated carbocycles. The first-order valence-electron chi connectivity index (χ1n) is 2.03. The quantitative estimate of drug-likeness (QED) is 0.527. The average molecular weight is 85.1 g/mol. The second kappa shape index (κ2) is 1.20. The topological polar surface area (TPSA) is 31.2 Å². The molecule has 0 aliphatic carbocycles. The molecule has 34 valence electrons. The van der Waals surface area contributed by atoms with Gasteiger partial charge in [-0.3, -0.25) is 0 Å². The van der Waals surface area contributed by atoms with Crippen LogP contribution in [0.1, 0.15) is 6.92 Å². The third-order valence-corrected chi connectivity index (χ3v) is 0.562. The Morgan fingerprint density at radius 2 is 2.67 bits per heavy atom. The minimum absolute atomic E-state index is 0.763. The Labute approximate surface area is 36.8 Å². The van der Waals surface area contributed by atoms with E-state index < -0.39 is 0 Å². The molecule has 6 heavy (non-hydrogen) atoms. The first-order valence-corrected chi connectivity index (χ1v) is 2.03. The standard InChI is InChI=1S/C4H7NO/c1-2-6-4-3-5-4/h3,5H,2H2,1H3. The highest BCUT2D eigenvalue weighted by Gasteiger charge is 2.02. The van der Waals surface area contributed by atoms with Crippen LogP contribution < -0.4 is 5.32 Å². The van der Waals surface area contributed by atoms with Crippen LogP contribution >= 0.6 is 0 Å². The van der Waals surface area contributed by atoms with Crippen LogP contribution in [-0.2, 0) is 4.74 Å². The van der Waals surface area contributed by atoms with Gasteiger partial charge in [-0.15, -0.1) is 0 Å². The van der Waals surface area contributed by atoms with E-state index in [1.807, 2.05) is 13.1 Å². The van der Waals surface area contributed by atoms with Gasteiger partial charge in [-0.1, -0.05) is 0 Å². The van der Waals surface area contributed by atoms with Crippen LogP contribution in [0.2, 0.25) is 0 Å². The summed E-state index contributed by atoms with van der Waals surface area (Å²) in [4.78, 5) is 0. The Morgan fingerprint density at radius 3 is 2.83 bits per heavy atom. The molecule has 1 heterocycles. The van der Waals surface area contributed by atoms with E-state index in [-0.39, 0.29) is 0 Å². The van der Waals surface area contributed by atoms with Crippen molar-refractivity contribution in [2.24, 2.45) is 0 Å². The maximum absolute atomic E-state index is 4.90. The van der Waals surface area contributed by atoms with Gasteiger partial charge >= 0.3 is 0 Å². The van der Waals surface area contributed by atoms with Crippen molar-refractivity contribution in [1.29, 1.82) is 0 Å². The van der Waals surface area contributed by atoms with E-state index in [1.54, 1.807) is 0 Å². The van der Waals surface area contributed by atoms with Gasteiger partial charge in [0.1, 0.15) is 0 Å². The molecule has 0 aromatic rings. The largest absolute Gasteiger partial charge is 0.478 e. The minimum atomic E-state index is 0.763. The van der Waals surface area contributed by atoms with E-state index in [0.29, 0.717) is 0 Å². The van der Waals surface area contributed by atoms with Crippen LogP contribution in [0.5, 0.6) is 0 Å². The van der Waals surface area contributed by atoms with Gasteiger partial charge in [0, 0.05) is 0 Å². The van der Waals surface area contributed by atoms with Gasteiger partial charge in [-0.05, 0) is 6.92 Å². The van der Waals surface area contributed by atoms with Crippen molar-refractivity contribution in [3.05, 3.63) is 12.1 Å². The average Bonchev–Trinajstić information content (AvgIpc) is 2.21. The molecule has 0 amide bonds. The molecule has 1 aliphatic rings. The van der Waals surface area contributed by atoms with Crippen LogP contribution in [-0.4, -0.2) is 6.61 Å². The predicted molar refractivity (Wildman–Crippen MR) is 22.8 cm³/mol. The fourth-order valence-electron chi connectivity index (χ4n) is 0.268. The lowest BCUT2D eigenvalue weighted by Crippen LogP contribution is -1.85. The Balaban J connectivity index is 2.02. The fraction of sp³-hybridized carbons (Fsp3) is 0.500. The Bertz CT molecular complexity index is 77.6. The Morgan fingerprint density at radius 1 is 2.00 bits per heavy atom. The van der Waals surface area contributed by atoms with E-state index in [2.05, 4.69) is 5.32 Å². The summed E-state index contributed by atoms with van der Waals surface area (Å²) < 4.78 is 4.90. The van der Waals surface area contributed by atoms with E-state index in [1.165, 1.54) is 0 Å². The molecule has 2 nitrogen and oxygen atoms in total. The van der Waals surface area contributed by atoms with Gasteiger partial charge in [-0.2, -0.15) is 0 Å². The molecule has 0 atom stereocenters. The molecule has 1 N–H and O–H groups in total. The highest BCUT2D eigenvalue weighted by atomic mass is 16.5. The van der Waals surface area contributed by atoms with E-state index in [4.69, 9.17) is 4.74 Å². The zero-order valence-corrected chi connectivity index (χ0v) is 3.69. The molecule has 0 spiro atoms. The Kier molecular flexibility index (Phi) is 0.708. The number of nitrogens with one attached hydrogen (secondary N) is 1. The summed E-state index contributed by atoms with van der Waals surface area (Å²) in [5.74, 6) is 0.914. The van der Waals surface area contributed by atoms with Crippen LogP contribution in [0.15, 0.2) is 12.1 Å². The van der Waals surface area contributed by atoms with E-state index in [9.17, 15) is 0 Å². The molecule has 1 rings (SSSR count). The van der Waals surface area contributed by atoms with Crippen molar-refractivity contribution in [3.63, 3.8) is 0 Å². The molecule has 2 heteroatoms. The summed E-state index contributed by atoms with van der Waals surface area (Å²) in [6.07, 6.45) is 1.82. The maximum atomic E-state index is 4.90. The summed E-state index contributed by atoms with van der Waals surface area (Å²) in [5, 5.41) is 2.80. The summed E-state index contributed by atoms with van der Waals surface area (Å²) in [6.45, 7) is 2.72. The fourth-order valence-corrected chi connectivity index (χ4v) is 0.268. The smallest absolute Gasteiger partial charge is 0.207 e. The summed E-state index contributed by atoms with van der Waals surface area (Å²) in [7, 11) is 0. The number of ether oxygens (including phenoxy) is 1. The second-order valence-electron chi connectivity index (χ2n) is 1.09. The molecule has 1 aliphatic heterocycles. The summed E-state index contributed by atoms with van der Waals surface area (Å²) in [5.41, 5.74) is 0. The normalized spacial score (nSPS) is 15.2. The van der Waals surface area contributed by atoms with Crippen molar-refractivity contribution in [2.45, 2.75) is 6.92 Å². The molecule has 0 bridgehead atoms. The zero-order chi connectivity index (χ0) is 4.41. The van der Waals surface area contributed by atoms with Crippen LogP contribution in [0, 0.1) is 0 Å². The summed E-state index contributed by atoms with van der Waals surface area (Å²) >= 11 is 0. The summed E-state index contributed by atoms with van der Waals surface area (Å²) in [6, 6.07) is 0. The van der Waals surface area contributed by atoms with Crippen molar-refractivity contribution in [1.82, 2.24) is 5.32 Å². The van der Waals surface area contributed by atoms with Crippen molar-refractivity contribution in [3.8, 4) is 0 Å². The third-order valence-electron chi connectivity index (χ3n) is 0.562. The van der Waals surface area contributed by atoms with Crippen molar-refractivity contribution in [2.75, 3.05) is 6.61 Å². The lowest BCUT2D eigenvalue weighted by atomic mass is 10.9. The molecule has 0 unspecified atom stereocenters. The molecule has 0 radical (unpaired) electrons. The van der Waals surface area contributed by atoms with Gasteiger partial charge < -0.3 is 10.1 Å². The monoisotopic (exact) mass is 85.1 g/mol. The highest BCUT2D eigenvalue weighted by Crippen LogP contribution is 2.00. The van der Waals surface area contributed by atoms with Gasteiger partial charge in [-0.25, -0.2) is 0 Å². The number of hydrogen-bond acceptors (Lipinski definition) is 2. The number of hydrogen-bond donors (Lipinski definition) is 1. The van der Waals surface area contributed by atoms with Crippen molar-refractivity contribution < 1.29 is 4.74 Å². The van der Waals surface area contributed by atoms with Crippen LogP contribution in [0.25, 0.3) is 0 Å². The minimum Gasteiger partial charge on any atom is -0.478 e. The predicted octanol–water partition coefficient (Wildman–Crippen LogP) is 0.425. The lowest BCUT2D eigenvalue weighted by molar-refractivity contribution is 0.239. The molecule has 0 aromatic heterocycles. The van der Waals surface area contributed by atoms with Gasteiger partial charge in [0.2, 0.25) is 5.88 Å².